The first-order valence-corrected chi connectivity index (χ1v) is 11.3. The Morgan fingerprint density at radius 2 is 1.68 bits per heavy atom. The van der Waals surface area contributed by atoms with Gasteiger partial charge in [0.1, 0.15) is 0 Å². The number of carbonyl (C=O) groups is 1. The highest BCUT2D eigenvalue weighted by molar-refractivity contribution is 5.90. The minimum absolute atomic E-state index is 0.0409. The molecule has 2 aliphatic rings. The van der Waals surface area contributed by atoms with Crippen LogP contribution >= 0.6 is 0 Å². The lowest BCUT2D eigenvalue weighted by Gasteiger charge is -2.39. The summed E-state index contributed by atoms with van der Waals surface area (Å²) in [6, 6.07) is 7.11. The second-order valence-electron chi connectivity index (χ2n) is 8.27. The maximum Gasteiger partial charge on any atom is 0.321 e. The van der Waals surface area contributed by atoms with Crippen LogP contribution in [0.1, 0.15) is 57.9 Å². The molecule has 28 heavy (non-hydrogen) atoms. The number of aryl methyl sites for hydroxylation is 1. The Labute approximate surface area is 171 Å². The van der Waals surface area contributed by atoms with E-state index in [1.165, 1.54) is 44.2 Å². The number of carbonyl (C=O) groups excluding carboxylic acids is 1. The highest BCUT2D eigenvalue weighted by Gasteiger charge is 2.26. The van der Waals surface area contributed by atoms with Crippen molar-refractivity contribution in [1.29, 1.82) is 0 Å². The molecule has 0 radical (unpaired) electrons. The highest BCUT2D eigenvalue weighted by atomic mass is 16.2. The van der Waals surface area contributed by atoms with Crippen LogP contribution in [0.3, 0.4) is 0 Å². The second kappa shape index (κ2) is 10.1. The van der Waals surface area contributed by atoms with E-state index in [9.17, 15) is 4.79 Å². The Hall–Kier alpha value is -1.75. The first-order chi connectivity index (χ1) is 13.6. The van der Waals surface area contributed by atoms with E-state index < -0.39 is 0 Å². The van der Waals surface area contributed by atoms with E-state index in [2.05, 4.69) is 48.0 Å². The van der Waals surface area contributed by atoms with Crippen molar-refractivity contribution >= 4 is 17.4 Å². The van der Waals surface area contributed by atoms with E-state index >= 15 is 0 Å². The topological polar surface area (TPSA) is 38.8 Å². The molecule has 5 heteroatoms. The number of rotatable bonds is 5. The molecule has 1 aliphatic heterocycles. The summed E-state index contributed by atoms with van der Waals surface area (Å²) in [4.78, 5) is 19.7. The van der Waals surface area contributed by atoms with E-state index in [1.807, 2.05) is 11.0 Å². The normalized spacial score (nSPS) is 19.3. The van der Waals surface area contributed by atoms with Crippen LogP contribution in [0.5, 0.6) is 0 Å². The fourth-order valence-corrected chi connectivity index (χ4v) is 4.68. The van der Waals surface area contributed by atoms with E-state index in [0.717, 1.165) is 56.6 Å². The van der Waals surface area contributed by atoms with E-state index in [0.29, 0.717) is 0 Å². The number of urea groups is 1. The Morgan fingerprint density at radius 1 is 1.04 bits per heavy atom. The van der Waals surface area contributed by atoms with Gasteiger partial charge in [-0.2, -0.15) is 0 Å². The van der Waals surface area contributed by atoms with Crippen molar-refractivity contribution in [3.63, 3.8) is 0 Å². The van der Waals surface area contributed by atoms with Crippen molar-refractivity contribution in [2.24, 2.45) is 0 Å². The molecule has 1 saturated carbocycles. The zero-order valence-electron chi connectivity index (χ0n) is 18.0. The van der Waals surface area contributed by atoms with Gasteiger partial charge in [-0.15, -0.1) is 0 Å². The SMILES string of the molecule is CCN(CC)c1ccc(NC(=O)N2CCN(C3CCCCCC3)CC2)c(C)c1. The van der Waals surface area contributed by atoms with E-state index in [4.69, 9.17) is 0 Å². The van der Waals surface area contributed by atoms with Gasteiger partial charge < -0.3 is 15.1 Å². The number of piperazine rings is 1. The third kappa shape index (κ3) is 5.19. The van der Waals surface area contributed by atoms with Gasteiger partial charge in [0.05, 0.1) is 0 Å². The van der Waals surface area contributed by atoms with Gasteiger partial charge in [0.2, 0.25) is 0 Å². The molecular formula is C23H38N4O. The fourth-order valence-electron chi connectivity index (χ4n) is 4.68. The molecule has 3 rings (SSSR count). The Kier molecular flexibility index (Phi) is 7.60. The highest BCUT2D eigenvalue weighted by Crippen LogP contribution is 2.25. The summed E-state index contributed by atoms with van der Waals surface area (Å²) in [6.45, 7) is 12.1. The molecule has 0 bridgehead atoms. The number of anilines is 2. The summed E-state index contributed by atoms with van der Waals surface area (Å²) in [6.07, 6.45) is 8.20. The third-order valence-corrected chi connectivity index (χ3v) is 6.52. The first kappa shape index (κ1) is 21.0. The van der Waals surface area contributed by atoms with Crippen molar-refractivity contribution in [3.8, 4) is 0 Å². The Balaban J connectivity index is 1.53. The number of amides is 2. The molecule has 5 nitrogen and oxygen atoms in total. The van der Waals surface area contributed by atoms with Crippen LogP contribution in [0.2, 0.25) is 0 Å². The average Bonchev–Trinajstić information content (AvgIpc) is 3.00. The van der Waals surface area contributed by atoms with Gasteiger partial charge in [-0.05, 0) is 57.4 Å². The predicted molar refractivity (Wildman–Crippen MR) is 118 cm³/mol. The summed E-state index contributed by atoms with van der Waals surface area (Å²) >= 11 is 0. The van der Waals surface area contributed by atoms with Crippen molar-refractivity contribution < 1.29 is 4.79 Å². The molecule has 1 aliphatic carbocycles. The van der Waals surface area contributed by atoms with Gasteiger partial charge in [0.25, 0.3) is 0 Å². The van der Waals surface area contributed by atoms with E-state index in [1.54, 1.807) is 0 Å². The van der Waals surface area contributed by atoms with Crippen molar-refractivity contribution in [2.75, 3.05) is 49.5 Å². The van der Waals surface area contributed by atoms with Crippen LogP contribution in [0.15, 0.2) is 18.2 Å². The Bertz CT molecular complexity index is 627. The molecule has 156 valence electrons. The molecule has 0 atom stereocenters. The minimum atomic E-state index is 0.0409. The number of hydrogen-bond donors (Lipinski definition) is 1. The molecule has 2 fully saturated rings. The number of benzene rings is 1. The molecule has 1 aromatic rings. The first-order valence-electron chi connectivity index (χ1n) is 11.3. The monoisotopic (exact) mass is 386 g/mol. The smallest absolute Gasteiger partial charge is 0.321 e. The third-order valence-electron chi connectivity index (χ3n) is 6.52. The van der Waals surface area contributed by atoms with E-state index in [-0.39, 0.29) is 6.03 Å². The van der Waals surface area contributed by atoms with Gasteiger partial charge in [0.15, 0.2) is 0 Å². The molecule has 0 aromatic heterocycles. The van der Waals surface area contributed by atoms with Gasteiger partial charge in [0, 0.05) is 56.7 Å². The molecule has 2 amide bonds. The minimum Gasteiger partial charge on any atom is -0.372 e. The van der Waals surface area contributed by atoms with Crippen LogP contribution in [-0.4, -0.2) is 61.1 Å². The summed E-state index contributed by atoms with van der Waals surface area (Å²) in [5.74, 6) is 0. The van der Waals surface area contributed by atoms with Crippen molar-refractivity contribution in [3.05, 3.63) is 23.8 Å². The van der Waals surface area contributed by atoms with Crippen LogP contribution in [0, 0.1) is 6.92 Å². The largest absolute Gasteiger partial charge is 0.372 e. The summed E-state index contributed by atoms with van der Waals surface area (Å²) in [5.41, 5.74) is 3.26. The molecule has 0 unspecified atom stereocenters. The molecular weight excluding hydrogens is 348 g/mol. The van der Waals surface area contributed by atoms with Crippen LogP contribution < -0.4 is 10.2 Å². The number of nitrogens with one attached hydrogen (secondary N) is 1. The van der Waals surface area contributed by atoms with Gasteiger partial charge >= 0.3 is 6.03 Å². The summed E-state index contributed by atoms with van der Waals surface area (Å²) in [7, 11) is 0. The van der Waals surface area contributed by atoms with Crippen LogP contribution in [0.25, 0.3) is 0 Å². The zero-order valence-corrected chi connectivity index (χ0v) is 18.0. The van der Waals surface area contributed by atoms with Crippen LogP contribution in [0.4, 0.5) is 16.2 Å². The average molecular weight is 387 g/mol. The summed E-state index contributed by atoms with van der Waals surface area (Å²) < 4.78 is 0. The molecule has 0 spiro atoms. The lowest BCUT2D eigenvalue weighted by atomic mass is 10.1. The molecule has 1 aromatic carbocycles. The zero-order chi connectivity index (χ0) is 19.9. The second-order valence-corrected chi connectivity index (χ2v) is 8.27. The number of nitrogens with zero attached hydrogens (tertiary/aromatic N) is 3. The Morgan fingerprint density at radius 3 is 2.25 bits per heavy atom. The van der Waals surface area contributed by atoms with Gasteiger partial charge in [-0.3, -0.25) is 4.90 Å². The van der Waals surface area contributed by atoms with Gasteiger partial charge in [-0.25, -0.2) is 4.79 Å². The maximum absolute atomic E-state index is 12.8. The lowest BCUT2D eigenvalue weighted by molar-refractivity contribution is 0.105. The molecule has 1 heterocycles. The summed E-state index contributed by atoms with van der Waals surface area (Å²) in [5, 5.41) is 3.14. The predicted octanol–water partition coefficient (Wildman–Crippen LogP) is 4.71. The quantitative estimate of drug-likeness (QED) is 0.745. The standard InChI is InChI=1S/C23H38N4O/c1-4-25(5-2)21-12-13-22(19(3)18-21)24-23(28)27-16-14-26(15-17-27)20-10-8-6-7-9-11-20/h12-13,18,20H,4-11,14-17H2,1-3H3,(H,24,28). The van der Waals surface area contributed by atoms with Gasteiger partial charge in [-0.1, -0.05) is 25.7 Å². The maximum atomic E-state index is 12.8. The fraction of sp³-hybridized carbons (Fsp3) is 0.696. The van der Waals surface area contributed by atoms with Crippen molar-refractivity contribution in [1.82, 2.24) is 9.80 Å². The molecule has 1 N–H and O–H groups in total. The molecule has 1 saturated heterocycles. The van der Waals surface area contributed by atoms with Crippen LogP contribution in [-0.2, 0) is 0 Å². The van der Waals surface area contributed by atoms with Crippen molar-refractivity contribution in [2.45, 2.75) is 65.3 Å². The number of hydrogen-bond acceptors (Lipinski definition) is 3. The lowest BCUT2D eigenvalue weighted by Crippen LogP contribution is -2.52.